The van der Waals surface area contributed by atoms with Crippen LogP contribution in [-0.4, -0.2) is 48.2 Å². The van der Waals surface area contributed by atoms with Crippen LogP contribution < -0.4 is 5.32 Å². The lowest BCUT2D eigenvalue weighted by molar-refractivity contribution is 0.0953. The van der Waals surface area contributed by atoms with Crippen LogP contribution in [0.1, 0.15) is 46.6 Å². The predicted molar refractivity (Wildman–Crippen MR) is 130 cm³/mol. The molecule has 0 aliphatic carbocycles. The highest BCUT2D eigenvalue weighted by Crippen LogP contribution is 2.25. The number of carbonyl (C=O) groups excluding carboxylic acids is 1. The molecule has 0 atom stereocenters. The van der Waals surface area contributed by atoms with Crippen molar-refractivity contribution >= 4 is 27.3 Å². The van der Waals surface area contributed by atoms with E-state index in [0.29, 0.717) is 30.8 Å². The number of nitrogens with zero attached hydrogens (tertiary/aromatic N) is 3. The molecule has 0 spiro atoms. The summed E-state index contributed by atoms with van der Waals surface area (Å²) in [6.45, 7) is 3.34. The maximum absolute atomic E-state index is 13.1. The summed E-state index contributed by atoms with van der Waals surface area (Å²) in [5.41, 5.74) is 3.00. The Labute approximate surface area is 199 Å². The minimum atomic E-state index is -3.59. The van der Waals surface area contributed by atoms with Crippen LogP contribution in [0.4, 0.5) is 0 Å². The second-order valence-corrected chi connectivity index (χ2v) is 11.0. The summed E-state index contributed by atoms with van der Waals surface area (Å²) in [7, 11) is -3.59. The van der Waals surface area contributed by atoms with Gasteiger partial charge in [-0.05, 0) is 56.0 Å². The number of rotatable bonds is 8. The van der Waals surface area contributed by atoms with Crippen molar-refractivity contribution in [3.63, 3.8) is 0 Å². The van der Waals surface area contributed by atoms with Gasteiger partial charge in [0.05, 0.1) is 15.6 Å². The van der Waals surface area contributed by atoms with Gasteiger partial charge in [-0.25, -0.2) is 13.4 Å². The Hall–Kier alpha value is -2.62. The van der Waals surface area contributed by atoms with Crippen molar-refractivity contribution in [3.8, 4) is 11.3 Å². The molecule has 0 saturated carbocycles. The summed E-state index contributed by atoms with van der Waals surface area (Å²) in [6.07, 6.45) is 7.82. The number of carbonyl (C=O) groups is 1. The maximum Gasteiger partial charge on any atom is 0.251 e. The third kappa shape index (κ3) is 5.66. The number of piperidine rings is 1. The summed E-state index contributed by atoms with van der Waals surface area (Å²) in [4.78, 5) is 21.6. The normalized spacial score (nSPS) is 14.8. The van der Waals surface area contributed by atoms with Crippen molar-refractivity contribution < 1.29 is 13.2 Å². The summed E-state index contributed by atoms with van der Waals surface area (Å²) in [5, 5.41) is 5.95. The van der Waals surface area contributed by atoms with Crippen LogP contribution in [0.5, 0.6) is 0 Å². The molecule has 0 unspecified atom stereocenters. The standard InChI is InChI=1S/C24H28N4O3S2/c1-18-7-8-20(16-22(18)33(30,31)28-14-3-2-4-15-28)24(29)26-11-5-6-23-27-21(17-32-23)19-9-12-25-13-10-19/h7-10,12-13,16-17H,2-6,11,14-15H2,1H3,(H,26,29). The van der Waals surface area contributed by atoms with Gasteiger partial charge in [-0.2, -0.15) is 4.31 Å². The van der Waals surface area contributed by atoms with E-state index in [0.717, 1.165) is 48.4 Å². The van der Waals surface area contributed by atoms with Gasteiger partial charge in [-0.15, -0.1) is 11.3 Å². The number of hydrogen-bond donors (Lipinski definition) is 1. The van der Waals surface area contributed by atoms with Crippen molar-refractivity contribution in [1.82, 2.24) is 19.6 Å². The van der Waals surface area contributed by atoms with Crippen LogP contribution in [-0.2, 0) is 16.4 Å². The van der Waals surface area contributed by atoms with E-state index in [2.05, 4.69) is 15.3 Å². The first-order valence-electron chi connectivity index (χ1n) is 11.2. The molecule has 1 fully saturated rings. The number of hydrogen-bond acceptors (Lipinski definition) is 6. The van der Waals surface area contributed by atoms with Gasteiger partial charge in [-0.3, -0.25) is 9.78 Å². The molecular weight excluding hydrogens is 456 g/mol. The van der Waals surface area contributed by atoms with Crippen LogP contribution >= 0.6 is 11.3 Å². The number of sulfonamides is 1. The van der Waals surface area contributed by atoms with E-state index in [1.54, 1.807) is 42.8 Å². The van der Waals surface area contributed by atoms with Crippen molar-refractivity contribution in [2.75, 3.05) is 19.6 Å². The van der Waals surface area contributed by atoms with Crippen molar-refractivity contribution in [1.29, 1.82) is 0 Å². The van der Waals surface area contributed by atoms with Gasteiger partial charge < -0.3 is 5.32 Å². The zero-order chi connectivity index (χ0) is 23.3. The lowest BCUT2D eigenvalue weighted by Gasteiger charge is -2.26. The highest BCUT2D eigenvalue weighted by atomic mass is 32.2. The van der Waals surface area contributed by atoms with Crippen LogP contribution in [0.25, 0.3) is 11.3 Å². The topological polar surface area (TPSA) is 92.3 Å². The molecule has 1 amide bonds. The SMILES string of the molecule is Cc1ccc(C(=O)NCCCc2nc(-c3ccncc3)cs2)cc1S(=O)(=O)N1CCCCC1. The van der Waals surface area contributed by atoms with Crippen molar-refractivity contribution in [2.24, 2.45) is 0 Å². The number of aryl methyl sites for hydroxylation is 2. The van der Waals surface area contributed by atoms with E-state index in [9.17, 15) is 13.2 Å². The number of pyridine rings is 1. The van der Waals surface area contributed by atoms with Crippen LogP contribution in [0.2, 0.25) is 0 Å². The summed E-state index contributed by atoms with van der Waals surface area (Å²) in [5.74, 6) is -0.262. The van der Waals surface area contributed by atoms with E-state index in [-0.39, 0.29) is 10.8 Å². The zero-order valence-corrected chi connectivity index (χ0v) is 20.3. The summed E-state index contributed by atoms with van der Waals surface area (Å²) in [6, 6.07) is 8.76. The second-order valence-electron chi connectivity index (χ2n) is 8.17. The number of benzene rings is 1. The van der Waals surface area contributed by atoms with Crippen LogP contribution in [0, 0.1) is 6.92 Å². The number of thiazole rings is 1. The molecule has 0 bridgehead atoms. The van der Waals surface area contributed by atoms with Gasteiger partial charge in [0, 0.05) is 55.0 Å². The Balaban J connectivity index is 1.33. The van der Waals surface area contributed by atoms with E-state index < -0.39 is 10.0 Å². The van der Waals surface area contributed by atoms with E-state index in [4.69, 9.17) is 0 Å². The highest BCUT2D eigenvalue weighted by Gasteiger charge is 2.28. The molecule has 1 aromatic carbocycles. The average molecular weight is 485 g/mol. The molecule has 0 radical (unpaired) electrons. The van der Waals surface area contributed by atoms with Crippen LogP contribution in [0.3, 0.4) is 0 Å². The molecule has 9 heteroatoms. The number of nitrogens with one attached hydrogen (secondary N) is 1. The van der Waals surface area contributed by atoms with E-state index in [1.807, 2.05) is 17.5 Å². The molecule has 1 aliphatic rings. The molecular formula is C24H28N4O3S2. The van der Waals surface area contributed by atoms with Gasteiger partial charge in [0.25, 0.3) is 5.91 Å². The fraction of sp³-hybridized carbons (Fsp3) is 0.375. The lowest BCUT2D eigenvalue weighted by atomic mass is 10.1. The minimum absolute atomic E-state index is 0.225. The summed E-state index contributed by atoms with van der Waals surface area (Å²) >= 11 is 1.60. The Morgan fingerprint density at radius 3 is 2.64 bits per heavy atom. The van der Waals surface area contributed by atoms with E-state index in [1.165, 1.54) is 10.4 Å². The Morgan fingerprint density at radius 2 is 1.88 bits per heavy atom. The molecule has 7 nitrogen and oxygen atoms in total. The van der Waals surface area contributed by atoms with Crippen LogP contribution in [0.15, 0.2) is 53.0 Å². The maximum atomic E-state index is 13.1. The van der Waals surface area contributed by atoms with Crippen molar-refractivity contribution in [2.45, 2.75) is 43.9 Å². The Kier molecular flexibility index (Phi) is 7.52. The third-order valence-electron chi connectivity index (χ3n) is 5.76. The van der Waals surface area contributed by atoms with Gasteiger partial charge in [0.2, 0.25) is 10.0 Å². The van der Waals surface area contributed by atoms with Gasteiger partial charge in [-0.1, -0.05) is 12.5 Å². The molecule has 174 valence electrons. The molecule has 1 aliphatic heterocycles. The molecule has 3 aromatic rings. The predicted octanol–water partition coefficient (Wildman–Crippen LogP) is 4.05. The van der Waals surface area contributed by atoms with Gasteiger partial charge >= 0.3 is 0 Å². The zero-order valence-electron chi connectivity index (χ0n) is 18.7. The largest absolute Gasteiger partial charge is 0.352 e. The minimum Gasteiger partial charge on any atom is -0.352 e. The molecule has 2 aromatic heterocycles. The Bertz CT molecular complexity index is 1200. The first-order chi connectivity index (χ1) is 15.9. The molecule has 33 heavy (non-hydrogen) atoms. The average Bonchev–Trinajstić information content (AvgIpc) is 3.32. The van der Waals surface area contributed by atoms with Gasteiger partial charge in [0.1, 0.15) is 0 Å². The molecule has 1 N–H and O–H groups in total. The first-order valence-corrected chi connectivity index (χ1v) is 13.5. The number of amides is 1. The van der Waals surface area contributed by atoms with Crippen molar-refractivity contribution in [3.05, 3.63) is 64.2 Å². The molecule has 4 rings (SSSR count). The smallest absolute Gasteiger partial charge is 0.251 e. The third-order valence-corrected chi connectivity index (χ3v) is 8.71. The first kappa shape index (κ1) is 23.5. The lowest BCUT2D eigenvalue weighted by Crippen LogP contribution is -2.36. The monoisotopic (exact) mass is 484 g/mol. The fourth-order valence-corrected chi connectivity index (χ4v) is 6.51. The molecule has 1 saturated heterocycles. The summed E-state index contributed by atoms with van der Waals surface area (Å²) < 4.78 is 27.7. The quantitative estimate of drug-likeness (QED) is 0.487. The number of aromatic nitrogens is 2. The fourth-order valence-electron chi connectivity index (χ4n) is 3.89. The van der Waals surface area contributed by atoms with Gasteiger partial charge in [0.15, 0.2) is 0 Å². The Morgan fingerprint density at radius 1 is 1.12 bits per heavy atom. The second kappa shape index (κ2) is 10.5. The van der Waals surface area contributed by atoms with E-state index >= 15 is 0 Å². The molecule has 3 heterocycles. The highest BCUT2D eigenvalue weighted by molar-refractivity contribution is 7.89.